The number of nitrogens with two attached hydrogens (primary N) is 1. The van der Waals surface area contributed by atoms with Crippen LogP contribution in [0.4, 0.5) is 0 Å². The number of hydrogen-bond acceptors (Lipinski definition) is 3. The molecule has 0 aliphatic carbocycles. The van der Waals surface area contributed by atoms with E-state index < -0.39 is 0 Å². The molecule has 0 saturated carbocycles. The van der Waals surface area contributed by atoms with Crippen LogP contribution in [0.3, 0.4) is 0 Å². The van der Waals surface area contributed by atoms with Gasteiger partial charge in [-0.1, -0.05) is 19.1 Å². The highest BCUT2D eigenvalue weighted by molar-refractivity contribution is 9.10. The van der Waals surface area contributed by atoms with E-state index in [1.165, 1.54) is 0 Å². The second-order valence-electron chi connectivity index (χ2n) is 5.34. The molecule has 1 atom stereocenters. The number of ether oxygens (including phenoxy) is 1. The molecule has 1 aromatic carbocycles. The third-order valence-electron chi connectivity index (χ3n) is 3.34. The number of halogens is 1. The van der Waals surface area contributed by atoms with Gasteiger partial charge in [-0.3, -0.25) is 4.79 Å². The number of benzene rings is 1. The molecule has 1 rings (SSSR count). The van der Waals surface area contributed by atoms with Crippen LogP contribution >= 0.6 is 15.9 Å². The average Bonchev–Trinajstić information content (AvgIpc) is 2.45. The van der Waals surface area contributed by atoms with Gasteiger partial charge in [0, 0.05) is 26.6 Å². The van der Waals surface area contributed by atoms with E-state index in [-0.39, 0.29) is 11.9 Å². The summed E-state index contributed by atoms with van der Waals surface area (Å²) in [6.07, 6.45) is 2.93. The monoisotopic (exact) mass is 356 g/mol. The van der Waals surface area contributed by atoms with E-state index in [9.17, 15) is 4.79 Å². The van der Waals surface area contributed by atoms with Gasteiger partial charge >= 0.3 is 0 Å². The van der Waals surface area contributed by atoms with Crippen molar-refractivity contribution in [3.05, 3.63) is 28.2 Å². The van der Waals surface area contributed by atoms with Crippen LogP contribution < -0.4 is 10.5 Å². The quantitative estimate of drug-likeness (QED) is 0.728. The van der Waals surface area contributed by atoms with Gasteiger partial charge in [0.25, 0.3) is 0 Å². The number of rotatable bonds is 8. The van der Waals surface area contributed by atoms with Gasteiger partial charge in [-0.05, 0) is 46.8 Å². The molecule has 0 saturated heterocycles. The maximum atomic E-state index is 11.5. The number of carbonyl (C=O) groups is 1. The smallest absolute Gasteiger partial charge is 0.222 e. The summed E-state index contributed by atoms with van der Waals surface area (Å²) >= 11 is 3.52. The van der Waals surface area contributed by atoms with Gasteiger partial charge in [-0.15, -0.1) is 0 Å². The van der Waals surface area contributed by atoms with Crippen LogP contribution in [0.1, 0.15) is 31.7 Å². The zero-order chi connectivity index (χ0) is 15.8. The highest BCUT2D eigenvalue weighted by Gasteiger charge is 2.11. The first-order valence-corrected chi connectivity index (χ1v) is 8.10. The Balaban J connectivity index is 2.59. The molecule has 2 N–H and O–H groups in total. The lowest BCUT2D eigenvalue weighted by Gasteiger charge is -2.16. The topological polar surface area (TPSA) is 55.6 Å². The Kier molecular flexibility index (Phi) is 7.75. The molecule has 0 fully saturated rings. The highest BCUT2D eigenvalue weighted by atomic mass is 79.9. The fraction of sp³-hybridized carbons (Fsp3) is 0.562. The van der Waals surface area contributed by atoms with Crippen molar-refractivity contribution < 1.29 is 9.53 Å². The van der Waals surface area contributed by atoms with E-state index in [1.54, 1.807) is 19.0 Å². The van der Waals surface area contributed by atoms with E-state index in [0.29, 0.717) is 19.4 Å². The van der Waals surface area contributed by atoms with Crippen LogP contribution in [0.15, 0.2) is 22.7 Å². The van der Waals surface area contributed by atoms with Crippen LogP contribution in [0, 0.1) is 0 Å². The van der Waals surface area contributed by atoms with Gasteiger partial charge in [-0.2, -0.15) is 0 Å². The van der Waals surface area contributed by atoms with E-state index in [2.05, 4.69) is 22.9 Å². The maximum Gasteiger partial charge on any atom is 0.222 e. The third kappa shape index (κ3) is 6.06. The molecule has 1 unspecified atom stereocenters. The van der Waals surface area contributed by atoms with Crippen LogP contribution in [-0.2, 0) is 11.2 Å². The highest BCUT2D eigenvalue weighted by Crippen LogP contribution is 2.30. The minimum Gasteiger partial charge on any atom is -0.492 e. The predicted molar refractivity (Wildman–Crippen MR) is 89.5 cm³/mol. The molecule has 4 nitrogen and oxygen atoms in total. The fourth-order valence-electron chi connectivity index (χ4n) is 1.92. The molecule has 118 valence electrons. The molecule has 0 bridgehead atoms. The zero-order valence-corrected chi connectivity index (χ0v) is 14.6. The molecule has 0 heterocycles. The lowest BCUT2D eigenvalue weighted by atomic mass is 10.0. The van der Waals surface area contributed by atoms with Gasteiger partial charge in [0.15, 0.2) is 0 Å². The third-order valence-corrected chi connectivity index (χ3v) is 3.96. The Morgan fingerprint density at radius 3 is 2.76 bits per heavy atom. The number of hydrogen-bond donors (Lipinski definition) is 1. The second-order valence-corrected chi connectivity index (χ2v) is 6.20. The van der Waals surface area contributed by atoms with Gasteiger partial charge in [0.2, 0.25) is 5.91 Å². The predicted octanol–water partition coefficient (Wildman–Crippen LogP) is 2.98. The Morgan fingerprint density at radius 1 is 1.43 bits per heavy atom. The SMILES string of the molecule is CCC(N)Cc1cccc(Br)c1OCCCC(=O)N(C)C. The van der Waals surface area contributed by atoms with Crippen molar-refractivity contribution in [1.29, 1.82) is 0 Å². The summed E-state index contributed by atoms with van der Waals surface area (Å²) < 4.78 is 6.80. The van der Waals surface area contributed by atoms with Gasteiger partial charge in [-0.25, -0.2) is 0 Å². The molecule has 0 aromatic heterocycles. The van der Waals surface area contributed by atoms with E-state index in [1.807, 2.05) is 18.2 Å². The van der Waals surface area contributed by atoms with Crippen molar-refractivity contribution in [2.45, 2.75) is 38.6 Å². The first-order valence-electron chi connectivity index (χ1n) is 7.31. The van der Waals surface area contributed by atoms with E-state index in [4.69, 9.17) is 10.5 Å². The summed E-state index contributed by atoms with van der Waals surface area (Å²) in [5.74, 6) is 0.970. The van der Waals surface area contributed by atoms with E-state index >= 15 is 0 Å². The van der Waals surface area contributed by atoms with Crippen LogP contribution in [-0.4, -0.2) is 37.6 Å². The van der Waals surface area contributed by atoms with Crippen molar-refractivity contribution in [3.8, 4) is 5.75 Å². The summed E-state index contributed by atoms with van der Waals surface area (Å²) in [5.41, 5.74) is 7.14. The molecular formula is C16H25BrN2O2. The van der Waals surface area contributed by atoms with Gasteiger partial charge in [0.05, 0.1) is 11.1 Å². The number of nitrogens with zero attached hydrogens (tertiary/aromatic N) is 1. The summed E-state index contributed by atoms with van der Waals surface area (Å²) in [4.78, 5) is 13.1. The minimum atomic E-state index is 0.124. The molecular weight excluding hydrogens is 332 g/mol. The van der Waals surface area contributed by atoms with E-state index in [0.717, 1.165) is 28.6 Å². The lowest BCUT2D eigenvalue weighted by Crippen LogP contribution is -2.22. The molecule has 1 aromatic rings. The van der Waals surface area contributed by atoms with Crippen LogP contribution in [0.5, 0.6) is 5.75 Å². The second kappa shape index (κ2) is 9.05. The molecule has 0 radical (unpaired) electrons. The summed E-state index contributed by atoms with van der Waals surface area (Å²) in [6, 6.07) is 6.13. The Hall–Kier alpha value is -1.07. The van der Waals surface area contributed by atoms with Crippen molar-refractivity contribution in [2.75, 3.05) is 20.7 Å². The Bertz CT molecular complexity index is 464. The Morgan fingerprint density at radius 2 is 2.14 bits per heavy atom. The number of carbonyl (C=O) groups excluding carboxylic acids is 1. The molecule has 21 heavy (non-hydrogen) atoms. The lowest BCUT2D eigenvalue weighted by molar-refractivity contribution is -0.128. The molecule has 0 aliphatic rings. The summed E-state index contributed by atoms with van der Waals surface area (Å²) in [7, 11) is 3.53. The van der Waals surface area contributed by atoms with Crippen LogP contribution in [0.25, 0.3) is 0 Å². The molecule has 0 aliphatic heterocycles. The largest absolute Gasteiger partial charge is 0.492 e. The summed E-state index contributed by atoms with van der Waals surface area (Å²) in [5, 5.41) is 0. The number of para-hydroxylation sites is 1. The molecule has 5 heteroatoms. The fourth-order valence-corrected chi connectivity index (χ4v) is 2.45. The minimum absolute atomic E-state index is 0.124. The number of amides is 1. The average molecular weight is 357 g/mol. The standard InChI is InChI=1S/C16H25BrN2O2/c1-4-13(18)11-12-7-5-8-14(17)16(12)21-10-6-9-15(20)19(2)3/h5,7-8,13H,4,6,9-11,18H2,1-3H3. The van der Waals surface area contributed by atoms with Crippen molar-refractivity contribution >= 4 is 21.8 Å². The van der Waals surface area contributed by atoms with Crippen molar-refractivity contribution in [2.24, 2.45) is 5.73 Å². The van der Waals surface area contributed by atoms with Gasteiger partial charge < -0.3 is 15.4 Å². The molecule has 0 spiro atoms. The van der Waals surface area contributed by atoms with Crippen molar-refractivity contribution in [1.82, 2.24) is 4.90 Å². The Labute approximate surface area is 135 Å². The summed E-state index contributed by atoms with van der Waals surface area (Å²) in [6.45, 7) is 2.60. The van der Waals surface area contributed by atoms with Gasteiger partial charge in [0.1, 0.15) is 5.75 Å². The maximum absolute atomic E-state index is 11.5. The zero-order valence-electron chi connectivity index (χ0n) is 13.1. The van der Waals surface area contributed by atoms with Crippen LogP contribution in [0.2, 0.25) is 0 Å². The first-order chi connectivity index (χ1) is 9.95. The first kappa shape index (κ1) is 18.0. The molecule has 1 amide bonds. The normalized spacial score (nSPS) is 12.0. The van der Waals surface area contributed by atoms with Crippen molar-refractivity contribution in [3.63, 3.8) is 0 Å².